The van der Waals surface area contributed by atoms with Crippen LogP contribution in [0.15, 0.2) is 24.3 Å². The van der Waals surface area contributed by atoms with E-state index in [1.165, 1.54) is 0 Å². The molecule has 25 heavy (non-hydrogen) atoms. The lowest BCUT2D eigenvalue weighted by molar-refractivity contribution is -0.170. The van der Waals surface area contributed by atoms with E-state index in [2.05, 4.69) is 19.2 Å². The van der Waals surface area contributed by atoms with E-state index in [4.69, 9.17) is 22.1 Å². The molecular weight excluding hydrogens is 359 g/mol. The highest BCUT2D eigenvalue weighted by atomic mass is 35.5. The van der Waals surface area contributed by atoms with Crippen molar-refractivity contribution >= 4 is 29.9 Å². The van der Waals surface area contributed by atoms with E-state index < -0.39 is 5.54 Å². The van der Waals surface area contributed by atoms with Crippen LogP contribution < -0.4 is 11.1 Å². The summed E-state index contributed by atoms with van der Waals surface area (Å²) in [5.74, 6) is -0.106. The summed E-state index contributed by atoms with van der Waals surface area (Å²) in [5.41, 5.74) is 6.08. The van der Waals surface area contributed by atoms with Gasteiger partial charge >= 0.3 is 0 Å². The minimum Gasteiger partial charge on any atom is -0.378 e. The van der Waals surface area contributed by atoms with E-state index in [9.17, 15) is 4.79 Å². The zero-order chi connectivity index (χ0) is 18.2. The van der Waals surface area contributed by atoms with Crippen LogP contribution in [-0.4, -0.2) is 30.7 Å². The predicted molar refractivity (Wildman–Crippen MR) is 105 cm³/mol. The van der Waals surface area contributed by atoms with Gasteiger partial charge in [-0.2, -0.15) is 0 Å². The van der Waals surface area contributed by atoms with Gasteiger partial charge in [0.25, 0.3) is 0 Å². The smallest absolute Gasteiger partial charge is 0.240 e. The molecule has 6 heteroatoms. The van der Waals surface area contributed by atoms with Gasteiger partial charge in [0.2, 0.25) is 5.91 Å². The third-order valence-corrected chi connectivity index (χ3v) is 5.80. The highest BCUT2D eigenvalue weighted by Crippen LogP contribution is 2.49. The number of hydrogen-bond acceptors (Lipinski definition) is 3. The van der Waals surface area contributed by atoms with Crippen molar-refractivity contribution in [1.82, 2.24) is 5.32 Å². The molecular formula is C19H30Cl2N2O2. The second-order valence-electron chi connectivity index (χ2n) is 7.91. The maximum absolute atomic E-state index is 12.7. The van der Waals surface area contributed by atoms with Crippen LogP contribution in [0.3, 0.4) is 0 Å². The summed E-state index contributed by atoms with van der Waals surface area (Å²) in [4.78, 5) is 12.7. The van der Waals surface area contributed by atoms with Gasteiger partial charge in [0.15, 0.2) is 0 Å². The maximum Gasteiger partial charge on any atom is 0.240 e. The Balaban J connectivity index is 0.00000312. The first-order valence-electron chi connectivity index (χ1n) is 8.49. The van der Waals surface area contributed by atoms with E-state index in [0.717, 1.165) is 5.56 Å². The number of ether oxygens (including phenoxy) is 1. The van der Waals surface area contributed by atoms with Gasteiger partial charge in [-0.15, -0.1) is 12.4 Å². The van der Waals surface area contributed by atoms with Crippen molar-refractivity contribution in [1.29, 1.82) is 0 Å². The fourth-order valence-electron chi connectivity index (χ4n) is 3.28. The summed E-state index contributed by atoms with van der Waals surface area (Å²) >= 11 is 5.95. The third-order valence-electron chi connectivity index (χ3n) is 5.55. The van der Waals surface area contributed by atoms with Gasteiger partial charge in [-0.05, 0) is 24.6 Å². The average molecular weight is 389 g/mol. The number of carbonyl (C=O) groups is 1. The van der Waals surface area contributed by atoms with Crippen molar-refractivity contribution in [3.05, 3.63) is 34.9 Å². The van der Waals surface area contributed by atoms with E-state index in [-0.39, 0.29) is 35.2 Å². The molecule has 1 fully saturated rings. The van der Waals surface area contributed by atoms with Gasteiger partial charge in [0, 0.05) is 35.4 Å². The van der Waals surface area contributed by atoms with E-state index >= 15 is 0 Å². The molecule has 2 rings (SSSR count). The summed E-state index contributed by atoms with van der Waals surface area (Å²) in [6.07, 6.45) is 0.587. The molecule has 1 aliphatic carbocycles. The highest BCUT2D eigenvalue weighted by molar-refractivity contribution is 6.30. The molecule has 2 atom stereocenters. The molecule has 0 saturated heterocycles. The second kappa shape index (κ2) is 7.83. The molecule has 1 saturated carbocycles. The zero-order valence-corrected chi connectivity index (χ0v) is 17.3. The van der Waals surface area contributed by atoms with Crippen molar-refractivity contribution in [2.45, 2.75) is 58.1 Å². The quantitative estimate of drug-likeness (QED) is 0.780. The molecule has 1 aromatic carbocycles. The fraction of sp³-hybridized carbons (Fsp3) is 0.632. The van der Waals surface area contributed by atoms with Gasteiger partial charge < -0.3 is 15.8 Å². The van der Waals surface area contributed by atoms with Gasteiger partial charge in [-0.25, -0.2) is 0 Å². The molecule has 0 aromatic heterocycles. The van der Waals surface area contributed by atoms with Crippen LogP contribution >= 0.6 is 24.0 Å². The molecule has 0 spiro atoms. The number of carbonyl (C=O) groups excluding carboxylic acids is 1. The van der Waals surface area contributed by atoms with Crippen LogP contribution in [0.25, 0.3) is 0 Å². The van der Waals surface area contributed by atoms with Crippen molar-refractivity contribution in [2.75, 3.05) is 13.2 Å². The van der Waals surface area contributed by atoms with Crippen LogP contribution in [-0.2, 0) is 14.9 Å². The summed E-state index contributed by atoms with van der Waals surface area (Å²) in [6, 6.07) is 7.72. The zero-order valence-electron chi connectivity index (χ0n) is 15.7. The van der Waals surface area contributed by atoms with Crippen molar-refractivity contribution in [3.63, 3.8) is 0 Å². The Morgan fingerprint density at radius 2 is 1.92 bits per heavy atom. The monoisotopic (exact) mass is 388 g/mol. The Labute approximate surface area is 162 Å². The molecule has 0 bridgehead atoms. The summed E-state index contributed by atoms with van der Waals surface area (Å²) in [5, 5.41) is 3.75. The van der Waals surface area contributed by atoms with Crippen LogP contribution in [0.2, 0.25) is 5.02 Å². The van der Waals surface area contributed by atoms with E-state index in [0.29, 0.717) is 24.6 Å². The Bertz CT molecular complexity index is 602. The molecule has 0 heterocycles. The van der Waals surface area contributed by atoms with Crippen LogP contribution in [0.4, 0.5) is 0 Å². The highest BCUT2D eigenvalue weighted by Gasteiger charge is 2.62. The molecule has 1 aromatic rings. The number of nitrogens with two attached hydrogens (primary N) is 1. The van der Waals surface area contributed by atoms with Crippen molar-refractivity contribution < 1.29 is 9.53 Å². The molecule has 1 aliphatic rings. The Hall–Kier alpha value is -0.810. The van der Waals surface area contributed by atoms with Crippen LogP contribution in [0, 0.1) is 5.41 Å². The summed E-state index contributed by atoms with van der Waals surface area (Å²) < 4.78 is 5.69. The number of amides is 1. The Kier molecular flexibility index (Phi) is 6.96. The van der Waals surface area contributed by atoms with Gasteiger partial charge in [-0.3, -0.25) is 4.79 Å². The lowest BCUT2D eigenvalue weighted by Gasteiger charge is -2.57. The van der Waals surface area contributed by atoms with Gasteiger partial charge in [0.1, 0.15) is 5.54 Å². The maximum atomic E-state index is 12.7. The SMILES string of the molecule is CCOC1CC(N)(C(=O)NCC(C)(C)c2ccc(Cl)cc2)C1(C)C.Cl. The Morgan fingerprint density at radius 3 is 2.40 bits per heavy atom. The first kappa shape index (κ1) is 22.2. The Morgan fingerprint density at radius 1 is 1.36 bits per heavy atom. The van der Waals surface area contributed by atoms with Crippen molar-refractivity contribution in [2.24, 2.45) is 11.1 Å². The standard InChI is InChI=1S/C19H29ClN2O2.ClH/c1-6-24-15-11-19(21,18(15,4)5)16(23)22-12-17(2,3)13-7-9-14(20)10-8-13;/h7-10,15H,6,11-12,21H2,1-5H3,(H,22,23);1H. The normalized spacial score (nSPS) is 24.8. The van der Waals surface area contributed by atoms with E-state index in [1.54, 1.807) is 0 Å². The fourth-order valence-corrected chi connectivity index (χ4v) is 3.41. The number of nitrogens with one attached hydrogen (secondary N) is 1. The molecule has 1 amide bonds. The lowest BCUT2D eigenvalue weighted by atomic mass is 9.54. The first-order chi connectivity index (χ1) is 11.0. The lowest BCUT2D eigenvalue weighted by Crippen LogP contribution is -2.76. The molecule has 2 unspecified atom stereocenters. The third kappa shape index (κ3) is 4.13. The first-order valence-corrected chi connectivity index (χ1v) is 8.87. The summed E-state index contributed by atoms with van der Waals surface area (Å²) in [7, 11) is 0. The minimum absolute atomic E-state index is 0. The van der Waals surface area contributed by atoms with Gasteiger partial charge in [-0.1, -0.05) is 51.4 Å². The topological polar surface area (TPSA) is 64.3 Å². The van der Waals surface area contributed by atoms with Crippen molar-refractivity contribution in [3.8, 4) is 0 Å². The minimum atomic E-state index is -0.886. The van der Waals surface area contributed by atoms with Crippen LogP contribution in [0.1, 0.15) is 46.6 Å². The second-order valence-corrected chi connectivity index (χ2v) is 8.35. The molecule has 0 aliphatic heterocycles. The molecule has 3 N–H and O–H groups in total. The largest absolute Gasteiger partial charge is 0.378 e. The van der Waals surface area contributed by atoms with E-state index in [1.807, 2.05) is 45.0 Å². The van der Waals surface area contributed by atoms with Crippen LogP contribution in [0.5, 0.6) is 0 Å². The number of rotatable bonds is 6. The molecule has 142 valence electrons. The molecule has 4 nitrogen and oxygen atoms in total. The number of hydrogen-bond donors (Lipinski definition) is 2. The number of benzene rings is 1. The summed E-state index contributed by atoms with van der Waals surface area (Å²) in [6.45, 7) is 11.3. The average Bonchev–Trinajstić information content (AvgIpc) is 2.52. The molecule has 0 radical (unpaired) electrons. The number of halogens is 2. The predicted octanol–water partition coefficient (Wildman–Crippen LogP) is 3.69. The van der Waals surface area contributed by atoms with Gasteiger partial charge in [0.05, 0.1) is 6.10 Å².